The van der Waals surface area contributed by atoms with Gasteiger partial charge in [0.15, 0.2) is 0 Å². The van der Waals surface area contributed by atoms with E-state index in [0.29, 0.717) is 5.75 Å². The first-order valence-corrected chi connectivity index (χ1v) is 5.82. The molecule has 90 valence electrons. The van der Waals surface area contributed by atoms with Gasteiger partial charge in [0.25, 0.3) is 0 Å². The Labute approximate surface area is 106 Å². The zero-order valence-electron chi connectivity index (χ0n) is 9.05. The Bertz CT molecular complexity index is 330. The molecule has 1 rings (SSSR count). The minimum absolute atomic E-state index is 0. The summed E-state index contributed by atoms with van der Waals surface area (Å²) in [6, 6.07) is 9.92. The van der Waals surface area contributed by atoms with E-state index in [1.165, 1.54) is 24.2 Å². The lowest BCUT2D eigenvalue weighted by atomic mass is 10.1. The number of hydrogen-bond donors (Lipinski definition) is 2. The number of halogens is 1. The van der Waals surface area contributed by atoms with E-state index >= 15 is 0 Å². The Morgan fingerprint density at radius 3 is 2.50 bits per heavy atom. The normalized spacial score (nSPS) is 13.6. The fourth-order valence-electron chi connectivity index (χ4n) is 1.02. The molecule has 0 saturated carbocycles. The van der Waals surface area contributed by atoms with E-state index in [-0.39, 0.29) is 12.4 Å². The van der Waals surface area contributed by atoms with E-state index in [9.17, 15) is 4.79 Å². The minimum atomic E-state index is -1.14. The zero-order valence-corrected chi connectivity index (χ0v) is 10.7. The molecular formula is C11H16ClNO2S. The van der Waals surface area contributed by atoms with Gasteiger partial charge in [-0.1, -0.05) is 30.3 Å². The summed E-state index contributed by atoms with van der Waals surface area (Å²) >= 11 is 1.54. The SMILES string of the molecule is C[C@](N)(CSCc1ccccc1)C(=O)O.Cl. The number of hydrogen-bond acceptors (Lipinski definition) is 3. The third kappa shape index (κ3) is 4.88. The summed E-state index contributed by atoms with van der Waals surface area (Å²) in [7, 11) is 0. The topological polar surface area (TPSA) is 63.3 Å². The van der Waals surface area contributed by atoms with Crippen LogP contribution in [-0.2, 0) is 10.5 Å². The molecule has 1 atom stereocenters. The summed E-state index contributed by atoms with van der Waals surface area (Å²) in [5.41, 5.74) is 5.65. The van der Waals surface area contributed by atoms with Gasteiger partial charge in [0, 0.05) is 11.5 Å². The molecule has 16 heavy (non-hydrogen) atoms. The maximum absolute atomic E-state index is 10.7. The third-order valence-electron chi connectivity index (χ3n) is 2.00. The van der Waals surface area contributed by atoms with Gasteiger partial charge < -0.3 is 10.8 Å². The smallest absolute Gasteiger partial charge is 0.324 e. The van der Waals surface area contributed by atoms with E-state index in [4.69, 9.17) is 10.8 Å². The van der Waals surface area contributed by atoms with Gasteiger partial charge in [-0.3, -0.25) is 4.79 Å². The Morgan fingerprint density at radius 1 is 1.44 bits per heavy atom. The number of carboxylic acid groups (broad SMARTS) is 1. The highest BCUT2D eigenvalue weighted by molar-refractivity contribution is 7.98. The Morgan fingerprint density at radius 2 is 2.00 bits per heavy atom. The van der Waals surface area contributed by atoms with Crippen LogP contribution in [-0.4, -0.2) is 22.4 Å². The highest BCUT2D eigenvalue weighted by Gasteiger charge is 2.27. The first-order chi connectivity index (χ1) is 7.02. The summed E-state index contributed by atoms with van der Waals surface area (Å²) in [5, 5.41) is 8.80. The lowest BCUT2D eigenvalue weighted by Gasteiger charge is -2.18. The molecule has 3 nitrogen and oxygen atoms in total. The summed E-state index contributed by atoms with van der Waals surface area (Å²) in [6.45, 7) is 1.54. The number of rotatable bonds is 5. The van der Waals surface area contributed by atoms with E-state index in [1.807, 2.05) is 30.3 Å². The highest BCUT2D eigenvalue weighted by Crippen LogP contribution is 2.16. The first-order valence-electron chi connectivity index (χ1n) is 4.66. The molecule has 0 radical (unpaired) electrons. The van der Waals surface area contributed by atoms with Crippen molar-refractivity contribution in [2.24, 2.45) is 5.73 Å². The molecule has 0 fully saturated rings. The molecule has 1 aromatic carbocycles. The number of nitrogens with two attached hydrogens (primary N) is 1. The monoisotopic (exact) mass is 261 g/mol. The standard InChI is InChI=1S/C11H15NO2S.ClH/c1-11(12,10(13)14)8-15-7-9-5-3-2-4-6-9;/h2-6H,7-8,12H2,1H3,(H,13,14);1H/t11-;/m0./s1. The van der Waals surface area contributed by atoms with Crippen molar-refractivity contribution >= 4 is 30.1 Å². The number of thioether (sulfide) groups is 1. The van der Waals surface area contributed by atoms with Gasteiger partial charge in [-0.25, -0.2) is 0 Å². The number of carbonyl (C=O) groups is 1. The predicted molar refractivity (Wildman–Crippen MR) is 70.1 cm³/mol. The van der Waals surface area contributed by atoms with Crippen molar-refractivity contribution in [1.82, 2.24) is 0 Å². The van der Waals surface area contributed by atoms with Gasteiger partial charge in [-0.05, 0) is 12.5 Å². The van der Waals surface area contributed by atoms with Crippen LogP contribution in [0, 0.1) is 0 Å². The lowest BCUT2D eigenvalue weighted by molar-refractivity contribution is -0.141. The van der Waals surface area contributed by atoms with E-state index in [1.54, 1.807) is 0 Å². The fourth-order valence-corrected chi connectivity index (χ4v) is 2.09. The van der Waals surface area contributed by atoms with Crippen LogP contribution in [0.4, 0.5) is 0 Å². The minimum Gasteiger partial charge on any atom is -0.480 e. The third-order valence-corrected chi connectivity index (χ3v) is 3.34. The summed E-state index contributed by atoms with van der Waals surface area (Å²) < 4.78 is 0. The maximum atomic E-state index is 10.7. The molecule has 0 bridgehead atoms. The molecule has 0 aromatic heterocycles. The van der Waals surface area contributed by atoms with Crippen LogP contribution in [0.2, 0.25) is 0 Å². The van der Waals surface area contributed by atoms with Gasteiger partial charge in [-0.15, -0.1) is 12.4 Å². The average molecular weight is 262 g/mol. The van der Waals surface area contributed by atoms with Gasteiger partial charge in [0.2, 0.25) is 0 Å². The summed E-state index contributed by atoms with van der Waals surface area (Å²) in [4.78, 5) is 10.7. The van der Waals surface area contributed by atoms with Crippen LogP contribution in [0.1, 0.15) is 12.5 Å². The van der Waals surface area contributed by atoms with Crippen LogP contribution in [0.15, 0.2) is 30.3 Å². The van der Waals surface area contributed by atoms with Crippen LogP contribution in [0.25, 0.3) is 0 Å². The summed E-state index contributed by atoms with van der Waals surface area (Å²) in [6.07, 6.45) is 0. The van der Waals surface area contributed by atoms with E-state index in [0.717, 1.165) is 5.75 Å². The molecule has 1 aromatic rings. The second-order valence-corrected chi connectivity index (χ2v) is 4.69. The number of benzene rings is 1. The largest absolute Gasteiger partial charge is 0.480 e. The molecule has 0 aliphatic rings. The maximum Gasteiger partial charge on any atom is 0.324 e. The van der Waals surface area contributed by atoms with Gasteiger partial charge >= 0.3 is 5.97 Å². The highest BCUT2D eigenvalue weighted by atomic mass is 35.5. The first kappa shape index (κ1) is 15.3. The Hall–Kier alpha value is -0.710. The van der Waals surface area contributed by atoms with E-state index < -0.39 is 11.5 Å². The predicted octanol–water partition coefficient (Wildman–Crippen LogP) is 2.14. The Balaban J connectivity index is 0.00000225. The van der Waals surface area contributed by atoms with Gasteiger partial charge in [0.1, 0.15) is 5.54 Å². The van der Waals surface area contributed by atoms with Crippen LogP contribution in [0.5, 0.6) is 0 Å². The van der Waals surface area contributed by atoms with Gasteiger partial charge in [-0.2, -0.15) is 11.8 Å². The molecule has 0 saturated heterocycles. The van der Waals surface area contributed by atoms with Crippen molar-refractivity contribution in [3.63, 3.8) is 0 Å². The summed E-state index contributed by atoms with van der Waals surface area (Å²) in [5.74, 6) is 0.251. The van der Waals surface area contributed by atoms with Crippen LogP contribution in [0.3, 0.4) is 0 Å². The van der Waals surface area contributed by atoms with Gasteiger partial charge in [0.05, 0.1) is 0 Å². The van der Waals surface area contributed by atoms with Crippen LogP contribution < -0.4 is 5.73 Å². The quantitative estimate of drug-likeness (QED) is 0.853. The van der Waals surface area contributed by atoms with Crippen molar-refractivity contribution in [2.45, 2.75) is 18.2 Å². The second kappa shape index (κ2) is 6.78. The molecule has 0 amide bonds. The molecule has 0 spiro atoms. The van der Waals surface area contributed by atoms with Crippen molar-refractivity contribution in [3.05, 3.63) is 35.9 Å². The molecule has 5 heteroatoms. The fraction of sp³-hybridized carbons (Fsp3) is 0.364. The number of carboxylic acids is 1. The molecular weight excluding hydrogens is 246 g/mol. The average Bonchev–Trinajstić information content (AvgIpc) is 2.19. The second-order valence-electron chi connectivity index (χ2n) is 3.70. The Kier molecular flexibility index (Phi) is 6.48. The molecule has 0 heterocycles. The molecule has 3 N–H and O–H groups in total. The zero-order chi connectivity index (χ0) is 11.3. The number of aliphatic carboxylic acids is 1. The van der Waals surface area contributed by atoms with Crippen molar-refractivity contribution < 1.29 is 9.90 Å². The lowest BCUT2D eigenvalue weighted by Crippen LogP contribution is -2.47. The van der Waals surface area contributed by atoms with Crippen molar-refractivity contribution in [2.75, 3.05) is 5.75 Å². The molecule has 0 aliphatic carbocycles. The van der Waals surface area contributed by atoms with Crippen molar-refractivity contribution in [3.8, 4) is 0 Å². The van der Waals surface area contributed by atoms with E-state index in [2.05, 4.69) is 0 Å². The van der Waals surface area contributed by atoms with Crippen molar-refractivity contribution in [1.29, 1.82) is 0 Å². The molecule has 0 aliphatic heterocycles. The van der Waals surface area contributed by atoms with Crippen LogP contribution >= 0.6 is 24.2 Å². The molecule has 0 unspecified atom stereocenters.